The van der Waals surface area contributed by atoms with Crippen molar-refractivity contribution in [2.24, 2.45) is 0 Å². The molecule has 1 aliphatic heterocycles. The highest BCUT2D eigenvalue weighted by Crippen LogP contribution is 2.36. The zero-order valence-electron chi connectivity index (χ0n) is 11.9. The first-order valence-electron chi connectivity index (χ1n) is 6.87. The summed E-state index contributed by atoms with van der Waals surface area (Å²) in [5.41, 5.74) is 2.41. The van der Waals surface area contributed by atoms with E-state index in [2.05, 4.69) is 5.32 Å². The second kappa shape index (κ2) is 5.73. The summed E-state index contributed by atoms with van der Waals surface area (Å²) in [6.45, 7) is 2.41. The maximum Gasteiger partial charge on any atom is 0.256 e. The minimum absolute atomic E-state index is 0.0826. The molecule has 0 radical (unpaired) electrons. The number of halogens is 1. The first-order chi connectivity index (χ1) is 10.6. The quantitative estimate of drug-likeness (QED) is 0.844. The molecule has 112 valence electrons. The molecule has 5 heteroatoms. The van der Waals surface area contributed by atoms with Crippen molar-refractivity contribution < 1.29 is 14.6 Å². The molecule has 1 amide bonds. The fourth-order valence-corrected chi connectivity index (χ4v) is 2.54. The number of phenols is 1. The molecule has 0 aliphatic carbocycles. The van der Waals surface area contributed by atoms with Crippen LogP contribution in [0.1, 0.15) is 18.1 Å². The van der Waals surface area contributed by atoms with Gasteiger partial charge in [-0.25, -0.2) is 0 Å². The van der Waals surface area contributed by atoms with Gasteiger partial charge in [0.15, 0.2) is 0 Å². The molecule has 0 unspecified atom stereocenters. The van der Waals surface area contributed by atoms with Gasteiger partial charge >= 0.3 is 0 Å². The number of amides is 1. The van der Waals surface area contributed by atoms with Gasteiger partial charge in [0.2, 0.25) is 0 Å². The van der Waals surface area contributed by atoms with Gasteiger partial charge in [0, 0.05) is 27.4 Å². The maximum absolute atomic E-state index is 12.1. The Morgan fingerprint density at radius 1 is 1.27 bits per heavy atom. The van der Waals surface area contributed by atoms with E-state index in [4.69, 9.17) is 16.3 Å². The highest BCUT2D eigenvalue weighted by atomic mass is 35.5. The van der Waals surface area contributed by atoms with Crippen LogP contribution in [0.5, 0.6) is 11.5 Å². The smallest absolute Gasteiger partial charge is 0.256 e. The summed E-state index contributed by atoms with van der Waals surface area (Å²) in [7, 11) is 0. The molecule has 22 heavy (non-hydrogen) atoms. The Hall–Kier alpha value is -2.46. The van der Waals surface area contributed by atoms with E-state index in [1.807, 2.05) is 6.92 Å². The van der Waals surface area contributed by atoms with Gasteiger partial charge in [-0.15, -0.1) is 0 Å². The molecule has 4 nitrogen and oxygen atoms in total. The molecule has 1 aliphatic rings. The molecule has 3 rings (SSSR count). The van der Waals surface area contributed by atoms with E-state index in [-0.39, 0.29) is 11.7 Å². The van der Waals surface area contributed by atoms with Gasteiger partial charge < -0.3 is 15.2 Å². The molecule has 2 aromatic carbocycles. The second-order valence-corrected chi connectivity index (χ2v) is 5.29. The summed E-state index contributed by atoms with van der Waals surface area (Å²) < 4.78 is 5.42. The number of nitrogens with one attached hydrogen (secondary N) is 1. The molecule has 0 bridgehead atoms. The zero-order chi connectivity index (χ0) is 15.7. The van der Waals surface area contributed by atoms with Crippen LogP contribution in [0.2, 0.25) is 5.02 Å². The topological polar surface area (TPSA) is 58.6 Å². The van der Waals surface area contributed by atoms with Gasteiger partial charge in [-0.1, -0.05) is 11.6 Å². The van der Waals surface area contributed by atoms with Crippen LogP contribution < -0.4 is 10.1 Å². The molecule has 1 heterocycles. The van der Waals surface area contributed by atoms with E-state index in [1.165, 1.54) is 0 Å². The van der Waals surface area contributed by atoms with Crippen LogP contribution in [0.25, 0.3) is 11.6 Å². The number of carbonyl (C=O) groups excluding carboxylic acids is 1. The predicted molar refractivity (Wildman–Crippen MR) is 87.2 cm³/mol. The van der Waals surface area contributed by atoms with Crippen LogP contribution in [0.4, 0.5) is 5.69 Å². The average molecular weight is 316 g/mol. The van der Waals surface area contributed by atoms with Gasteiger partial charge in [0.25, 0.3) is 5.91 Å². The van der Waals surface area contributed by atoms with Crippen molar-refractivity contribution >= 4 is 34.8 Å². The number of ether oxygens (including phenoxy) is 1. The molecular weight excluding hydrogens is 302 g/mol. The average Bonchev–Trinajstić information content (AvgIpc) is 2.79. The number of carbonyl (C=O) groups is 1. The van der Waals surface area contributed by atoms with Gasteiger partial charge in [0.05, 0.1) is 6.61 Å². The molecule has 0 saturated carbocycles. The van der Waals surface area contributed by atoms with Crippen molar-refractivity contribution in [2.45, 2.75) is 6.92 Å². The van der Waals surface area contributed by atoms with Crippen molar-refractivity contribution in [1.29, 1.82) is 0 Å². The molecule has 2 aromatic rings. The van der Waals surface area contributed by atoms with Crippen LogP contribution in [-0.2, 0) is 4.79 Å². The number of aromatic hydroxyl groups is 1. The van der Waals surface area contributed by atoms with Crippen LogP contribution in [0.15, 0.2) is 36.4 Å². The third kappa shape index (κ3) is 2.65. The first kappa shape index (κ1) is 14.5. The lowest BCUT2D eigenvalue weighted by molar-refractivity contribution is -0.110. The van der Waals surface area contributed by atoms with Crippen molar-refractivity contribution in [3.63, 3.8) is 0 Å². The fourth-order valence-electron chi connectivity index (χ4n) is 2.36. The van der Waals surface area contributed by atoms with E-state index in [0.717, 1.165) is 5.56 Å². The van der Waals surface area contributed by atoms with E-state index in [9.17, 15) is 9.90 Å². The minimum atomic E-state index is -0.224. The van der Waals surface area contributed by atoms with E-state index >= 15 is 0 Å². The van der Waals surface area contributed by atoms with Crippen molar-refractivity contribution in [1.82, 2.24) is 0 Å². The number of anilines is 1. The van der Waals surface area contributed by atoms with Crippen LogP contribution in [-0.4, -0.2) is 17.6 Å². The molecule has 0 atom stereocenters. The lowest BCUT2D eigenvalue weighted by Crippen LogP contribution is -2.03. The predicted octanol–water partition coefficient (Wildman–Crippen LogP) is 3.94. The maximum atomic E-state index is 12.1. The van der Waals surface area contributed by atoms with E-state index in [1.54, 1.807) is 42.5 Å². The molecule has 2 N–H and O–H groups in total. The molecule has 0 spiro atoms. The second-order valence-electron chi connectivity index (χ2n) is 4.86. The first-order valence-corrected chi connectivity index (χ1v) is 7.25. The number of rotatable bonds is 3. The number of phenolic OH excluding ortho intramolecular Hbond substituents is 1. The highest BCUT2D eigenvalue weighted by Gasteiger charge is 2.24. The summed E-state index contributed by atoms with van der Waals surface area (Å²) in [5.74, 6) is 0.495. The van der Waals surface area contributed by atoms with Gasteiger partial charge in [-0.3, -0.25) is 4.79 Å². The molecule has 0 aromatic heterocycles. The standard InChI is InChI=1S/C17H14ClNO3/c1-2-22-12-4-6-16(20)10(7-12)8-14-13-9-11(18)3-5-15(13)19-17(14)21/h3-9,20H,2H2,1H3,(H,19,21). The summed E-state index contributed by atoms with van der Waals surface area (Å²) in [5, 5.41) is 13.3. The Morgan fingerprint density at radius 2 is 2.09 bits per heavy atom. The third-order valence-electron chi connectivity index (χ3n) is 3.37. The van der Waals surface area contributed by atoms with Crippen molar-refractivity contribution in [3.05, 3.63) is 52.5 Å². The normalized spacial score (nSPS) is 14.8. The summed E-state index contributed by atoms with van der Waals surface area (Å²) >= 11 is 6.00. The Kier molecular flexibility index (Phi) is 3.77. The van der Waals surface area contributed by atoms with Crippen molar-refractivity contribution in [3.8, 4) is 11.5 Å². The highest BCUT2D eigenvalue weighted by molar-refractivity contribution is 6.36. The molecular formula is C17H14ClNO3. The minimum Gasteiger partial charge on any atom is -0.507 e. The van der Waals surface area contributed by atoms with Gasteiger partial charge in [-0.05, 0) is 49.4 Å². The Morgan fingerprint density at radius 3 is 2.86 bits per heavy atom. The zero-order valence-corrected chi connectivity index (χ0v) is 12.6. The molecule has 0 saturated heterocycles. The summed E-state index contributed by atoms with van der Waals surface area (Å²) in [6, 6.07) is 10.1. The lowest BCUT2D eigenvalue weighted by Gasteiger charge is -2.06. The lowest BCUT2D eigenvalue weighted by atomic mass is 10.0. The van der Waals surface area contributed by atoms with Crippen LogP contribution in [0, 0.1) is 0 Å². The fraction of sp³-hybridized carbons (Fsp3) is 0.118. The summed E-state index contributed by atoms with van der Waals surface area (Å²) in [6.07, 6.45) is 1.63. The summed E-state index contributed by atoms with van der Waals surface area (Å²) in [4.78, 5) is 12.1. The van der Waals surface area contributed by atoms with E-state index in [0.29, 0.717) is 34.2 Å². The van der Waals surface area contributed by atoms with Gasteiger partial charge in [0.1, 0.15) is 11.5 Å². The number of fused-ring (bicyclic) bond motifs is 1. The van der Waals surface area contributed by atoms with Gasteiger partial charge in [-0.2, -0.15) is 0 Å². The molecule has 0 fully saturated rings. The Labute approximate surface area is 133 Å². The van der Waals surface area contributed by atoms with Crippen LogP contribution >= 0.6 is 11.6 Å². The monoisotopic (exact) mass is 315 g/mol. The number of hydrogen-bond donors (Lipinski definition) is 2. The number of hydrogen-bond acceptors (Lipinski definition) is 3. The van der Waals surface area contributed by atoms with Crippen molar-refractivity contribution in [2.75, 3.05) is 11.9 Å². The van der Waals surface area contributed by atoms with E-state index < -0.39 is 0 Å². The largest absolute Gasteiger partial charge is 0.507 e. The number of benzene rings is 2. The Balaban J connectivity index is 2.08. The van der Waals surface area contributed by atoms with Crippen LogP contribution in [0.3, 0.4) is 0 Å². The third-order valence-corrected chi connectivity index (χ3v) is 3.61. The SMILES string of the molecule is CCOc1ccc(O)c(C=C2C(=O)Nc3ccc(Cl)cc32)c1. The Bertz CT molecular complexity index is 783.